The number of aliphatic imine (C=N–C) groups is 1. The van der Waals surface area contributed by atoms with Crippen LogP contribution < -0.4 is 24.8 Å². The summed E-state index contributed by atoms with van der Waals surface area (Å²) >= 11 is 0. The molecule has 1 amide bonds. The fourth-order valence-corrected chi connectivity index (χ4v) is 4.59. The summed E-state index contributed by atoms with van der Waals surface area (Å²) < 4.78 is 16.4. The molecular formula is C24H38N4O4. The van der Waals surface area contributed by atoms with Gasteiger partial charge in [0.25, 0.3) is 0 Å². The number of nitrogens with one attached hydrogen (secondary N) is 2. The van der Waals surface area contributed by atoms with E-state index in [-0.39, 0.29) is 12.0 Å². The van der Waals surface area contributed by atoms with Crippen LogP contribution in [-0.4, -0.2) is 63.8 Å². The Morgan fingerprint density at radius 2 is 1.75 bits per heavy atom. The largest absolute Gasteiger partial charge is 0.496 e. The van der Waals surface area contributed by atoms with Crippen LogP contribution in [0.2, 0.25) is 0 Å². The van der Waals surface area contributed by atoms with E-state index in [2.05, 4.69) is 10.6 Å². The lowest BCUT2D eigenvalue weighted by Gasteiger charge is -2.26. The van der Waals surface area contributed by atoms with Gasteiger partial charge in [-0.25, -0.2) is 4.99 Å². The van der Waals surface area contributed by atoms with Crippen LogP contribution in [0.3, 0.4) is 0 Å². The van der Waals surface area contributed by atoms with E-state index in [1.165, 1.54) is 19.3 Å². The summed E-state index contributed by atoms with van der Waals surface area (Å²) in [6.07, 6.45) is 6.65. The van der Waals surface area contributed by atoms with Crippen molar-refractivity contribution in [3.63, 3.8) is 0 Å². The average molecular weight is 447 g/mol. The van der Waals surface area contributed by atoms with Crippen LogP contribution in [0, 0.1) is 5.92 Å². The third-order valence-electron chi connectivity index (χ3n) is 6.35. The van der Waals surface area contributed by atoms with Gasteiger partial charge in [0.2, 0.25) is 5.91 Å². The third-order valence-corrected chi connectivity index (χ3v) is 6.35. The molecule has 8 heteroatoms. The molecule has 0 spiro atoms. The van der Waals surface area contributed by atoms with Crippen molar-refractivity contribution in [3.8, 4) is 17.2 Å². The molecule has 0 bridgehead atoms. The lowest BCUT2D eigenvalue weighted by atomic mass is 9.88. The first-order chi connectivity index (χ1) is 15.6. The van der Waals surface area contributed by atoms with Crippen LogP contribution in [0.4, 0.5) is 0 Å². The first kappa shape index (κ1) is 24.0. The van der Waals surface area contributed by atoms with E-state index < -0.39 is 0 Å². The molecule has 3 rings (SSSR count). The quantitative estimate of drug-likeness (QED) is 0.472. The highest BCUT2D eigenvalue weighted by atomic mass is 16.5. The van der Waals surface area contributed by atoms with Crippen LogP contribution in [0.15, 0.2) is 17.1 Å². The fourth-order valence-electron chi connectivity index (χ4n) is 4.59. The number of amides is 1. The van der Waals surface area contributed by atoms with Gasteiger partial charge in [0.1, 0.15) is 17.2 Å². The van der Waals surface area contributed by atoms with Crippen molar-refractivity contribution in [1.82, 2.24) is 15.5 Å². The molecule has 178 valence electrons. The van der Waals surface area contributed by atoms with Crippen molar-refractivity contribution in [3.05, 3.63) is 17.7 Å². The van der Waals surface area contributed by atoms with Gasteiger partial charge in [-0.3, -0.25) is 4.79 Å². The van der Waals surface area contributed by atoms with Gasteiger partial charge >= 0.3 is 0 Å². The van der Waals surface area contributed by atoms with E-state index in [1.807, 2.05) is 24.0 Å². The second kappa shape index (κ2) is 11.8. The Balaban J connectivity index is 1.65. The van der Waals surface area contributed by atoms with E-state index in [4.69, 9.17) is 19.2 Å². The first-order valence-electron chi connectivity index (χ1n) is 11.7. The number of guanidine groups is 1. The Bertz CT molecular complexity index is 767. The number of nitrogens with zero attached hydrogens (tertiary/aromatic N) is 2. The predicted molar refractivity (Wildman–Crippen MR) is 126 cm³/mol. The van der Waals surface area contributed by atoms with Gasteiger partial charge in [0.15, 0.2) is 5.96 Å². The number of hydrogen-bond acceptors (Lipinski definition) is 5. The lowest BCUT2D eigenvalue weighted by molar-refractivity contribution is -0.135. The molecule has 1 aromatic carbocycles. The standard InChI is InChI=1S/C24H38N4O4/c1-5-25-24(26-15-20-21(31-3)13-19(30-2)14-22(20)32-4)27-18-11-12-28(16-18)23(29)17-9-7-6-8-10-17/h13-14,17-18H,5-12,15-16H2,1-4H3,(H2,25,26,27). The zero-order valence-electron chi connectivity index (χ0n) is 19.9. The van der Waals surface area contributed by atoms with Gasteiger partial charge in [0.05, 0.1) is 33.4 Å². The van der Waals surface area contributed by atoms with Crippen molar-refractivity contribution in [2.45, 2.75) is 58.0 Å². The Morgan fingerprint density at radius 1 is 1.06 bits per heavy atom. The van der Waals surface area contributed by atoms with E-state index in [9.17, 15) is 4.79 Å². The Morgan fingerprint density at radius 3 is 2.34 bits per heavy atom. The molecule has 32 heavy (non-hydrogen) atoms. The first-order valence-corrected chi connectivity index (χ1v) is 11.7. The molecule has 1 atom stereocenters. The monoisotopic (exact) mass is 446 g/mol. The molecule has 0 radical (unpaired) electrons. The van der Waals surface area contributed by atoms with Gasteiger partial charge in [-0.2, -0.15) is 0 Å². The molecule has 1 aromatic rings. The second-order valence-corrected chi connectivity index (χ2v) is 8.45. The summed E-state index contributed by atoms with van der Waals surface area (Å²) in [4.78, 5) is 19.7. The number of ether oxygens (including phenoxy) is 3. The number of benzene rings is 1. The molecule has 2 N–H and O–H groups in total. The highest BCUT2D eigenvalue weighted by Crippen LogP contribution is 2.34. The Labute approximate surface area is 191 Å². The maximum absolute atomic E-state index is 12.9. The molecule has 1 aliphatic carbocycles. The molecule has 1 heterocycles. The summed E-state index contributed by atoms with van der Waals surface area (Å²) in [5, 5.41) is 6.82. The average Bonchev–Trinajstić information content (AvgIpc) is 3.30. The number of likely N-dealkylation sites (tertiary alicyclic amines) is 1. The zero-order valence-corrected chi connectivity index (χ0v) is 19.9. The van der Waals surface area contributed by atoms with Crippen LogP contribution in [0.5, 0.6) is 17.2 Å². The minimum Gasteiger partial charge on any atom is -0.496 e. The SMILES string of the molecule is CCNC(=NCc1c(OC)cc(OC)cc1OC)NC1CCN(C(=O)C2CCCCC2)C1. The van der Waals surface area contributed by atoms with Crippen molar-refractivity contribution >= 4 is 11.9 Å². The summed E-state index contributed by atoms with van der Waals surface area (Å²) in [5.74, 6) is 3.30. The van der Waals surface area contributed by atoms with Crippen molar-refractivity contribution < 1.29 is 19.0 Å². The number of carbonyl (C=O) groups is 1. The molecule has 0 aromatic heterocycles. The number of methoxy groups -OCH3 is 3. The van der Waals surface area contributed by atoms with Gasteiger partial charge in [-0.1, -0.05) is 19.3 Å². The van der Waals surface area contributed by atoms with Crippen molar-refractivity contribution in [2.75, 3.05) is 41.0 Å². The lowest BCUT2D eigenvalue weighted by Crippen LogP contribution is -2.45. The summed E-state index contributed by atoms with van der Waals surface area (Å²) in [7, 11) is 4.87. The highest BCUT2D eigenvalue weighted by molar-refractivity contribution is 5.81. The molecule has 2 aliphatic rings. The van der Waals surface area contributed by atoms with E-state index in [0.29, 0.717) is 29.7 Å². The molecule has 1 saturated carbocycles. The zero-order chi connectivity index (χ0) is 22.9. The van der Waals surface area contributed by atoms with Crippen LogP contribution in [0.25, 0.3) is 0 Å². The van der Waals surface area contributed by atoms with E-state index in [0.717, 1.165) is 50.4 Å². The summed E-state index contributed by atoms with van der Waals surface area (Å²) in [6.45, 7) is 4.73. The summed E-state index contributed by atoms with van der Waals surface area (Å²) in [5.41, 5.74) is 0.855. The maximum Gasteiger partial charge on any atom is 0.225 e. The normalized spacial score (nSPS) is 19.6. The van der Waals surface area contributed by atoms with Crippen molar-refractivity contribution in [2.24, 2.45) is 10.9 Å². The highest BCUT2D eigenvalue weighted by Gasteiger charge is 2.31. The molecule has 1 unspecified atom stereocenters. The second-order valence-electron chi connectivity index (χ2n) is 8.45. The van der Waals surface area contributed by atoms with Gasteiger partial charge in [-0.05, 0) is 26.2 Å². The molecule has 1 aliphatic heterocycles. The van der Waals surface area contributed by atoms with E-state index >= 15 is 0 Å². The third kappa shape index (κ3) is 5.99. The molecular weight excluding hydrogens is 408 g/mol. The Kier molecular flexibility index (Phi) is 8.88. The van der Waals surface area contributed by atoms with Crippen LogP contribution in [0.1, 0.15) is 51.0 Å². The minimum absolute atomic E-state index is 0.194. The molecule has 2 fully saturated rings. The minimum atomic E-state index is 0.194. The van der Waals surface area contributed by atoms with Crippen molar-refractivity contribution in [1.29, 1.82) is 0 Å². The predicted octanol–water partition coefficient (Wildman–Crippen LogP) is 2.95. The fraction of sp³-hybridized carbons (Fsp3) is 0.667. The van der Waals surface area contributed by atoms with Crippen LogP contribution >= 0.6 is 0 Å². The van der Waals surface area contributed by atoms with Crippen LogP contribution in [-0.2, 0) is 11.3 Å². The Hall–Kier alpha value is -2.64. The van der Waals surface area contributed by atoms with Gasteiger partial charge in [-0.15, -0.1) is 0 Å². The van der Waals surface area contributed by atoms with Gasteiger partial charge in [0, 0.05) is 43.7 Å². The number of rotatable bonds is 8. The summed E-state index contributed by atoms with van der Waals surface area (Å²) in [6, 6.07) is 3.86. The number of carbonyl (C=O) groups excluding carboxylic acids is 1. The maximum atomic E-state index is 12.9. The smallest absolute Gasteiger partial charge is 0.225 e. The molecule has 8 nitrogen and oxygen atoms in total. The number of hydrogen-bond donors (Lipinski definition) is 2. The topological polar surface area (TPSA) is 84.4 Å². The molecule has 1 saturated heterocycles. The van der Waals surface area contributed by atoms with Gasteiger partial charge < -0.3 is 29.7 Å². The van der Waals surface area contributed by atoms with E-state index in [1.54, 1.807) is 21.3 Å².